The molecule has 0 bridgehead atoms. The zero-order valence-corrected chi connectivity index (χ0v) is 11.8. The van der Waals surface area contributed by atoms with Gasteiger partial charge in [-0.2, -0.15) is 0 Å². The number of carbonyl (C=O) groups is 1. The van der Waals surface area contributed by atoms with E-state index in [0.29, 0.717) is 6.42 Å². The highest BCUT2D eigenvalue weighted by Gasteiger charge is 2.08. The molecule has 0 amide bonds. The van der Waals surface area contributed by atoms with Gasteiger partial charge in [-0.3, -0.25) is 4.79 Å². The number of aryl methyl sites for hydroxylation is 1. The van der Waals surface area contributed by atoms with Gasteiger partial charge in [0.1, 0.15) is 0 Å². The maximum atomic E-state index is 10.5. The van der Waals surface area contributed by atoms with Crippen molar-refractivity contribution in [2.24, 2.45) is 5.73 Å². The maximum Gasteiger partial charge on any atom is 0.304 e. The molecule has 0 fully saturated rings. The van der Waals surface area contributed by atoms with Crippen LogP contribution in [0.3, 0.4) is 0 Å². The predicted molar refractivity (Wildman–Crippen MR) is 78.2 cm³/mol. The van der Waals surface area contributed by atoms with E-state index in [-0.39, 0.29) is 12.5 Å². The lowest BCUT2D eigenvalue weighted by atomic mass is 10.0. The second-order valence-corrected chi connectivity index (χ2v) is 5.19. The van der Waals surface area contributed by atoms with Crippen molar-refractivity contribution in [1.29, 1.82) is 0 Å². The Morgan fingerprint density at radius 3 is 2.37 bits per heavy atom. The van der Waals surface area contributed by atoms with Crippen molar-refractivity contribution in [3.05, 3.63) is 35.4 Å². The third kappa shape index (κ3) is 6.97. The number of hydrogen-bond donors (Lipinski definition) is 2. The second kappa shape index (κ2) is 8.70. The van der Waals surface area contributed by atoms with E-state index in [2.05, 4.69) is 31.2 Å². The maximum absolute atomic E-state index is 10.5. The van der Waals surface area contributed by atoms with E-state index in [1.165, 1.54) is 31.2 Å². The highest BCUT2D eigenvalue weighted by atomic mass is 16.4. The van der Waals surface area contributed by atoms with Gasteiger partial charge in [-0.05, 0) is 30.4 Å². The summed E-state index contributed by atoms with van der Waals surface area (Å²) in [5, 5.41) is 8.67. The first-order valence-electron chi connectivity index (χ1n) is 7.17. The van der Waals surface area contributed by atoms with Gasteiger partial charge >= 0.3 is 5.97 Å². The number of hydrogen-bond acceptors (Lipinski definition) is 2. The van der Waals surface area contributed by atoms with E-state index >= 15 is 0 Å². The number of nitrogens with two attached hydrogens (primary N) is 1. The SMILES string of the molecule is CCCCCCc1ccc(CC(N)CC(=O)O)cc1. The lowest BCUT2D eigenvalue weighted by Crippen LogP contribution is -2.26. The molecular weight excluding hydrogens is 238 g/mol. The van der Waals surface area contributed by atoms with Crippen molar-refractivity contribution in [2.45, 2.75) is 57.9 Å². The standard InChI is InChI=1S/C16H25NO2/c1-2-3-4-5-6-13-7-9-14(10-8-13)11-15(17)12-16(18)19/h7-10,15H,2-6,11-12,17H2,1H3,(H,18,19). The van der Waals surface area contributed by atoms with Gasteiger partial charge in [0.25, 0.3) is 0 Å². The summed E-state index contributed by atoms with van der Waals surface area (Å²) < 4.78 is 0. The Labute approximate surface area is 115 Å². The van der Waals surface area contributed by atoms with E-state index in [1.807, 2.05) is 0 Å². The number of aliphatic carboxylic acids is 1. The van der Waals surface area contributed by atoms with Crippen molar-refractivity contribution < 1.29 is 9.90 Å². The van der Waals surface area contributed by atoms with Gasteiger partial charge in [0.2, 0.25) is 0 Å². The molecule has 0 aliphatic rings. The van der Waals surface area contributed by atoms with Crippen molar-refractivity contribution >= 4 is 5.97 Å². The van der Waals surface area contributed by atoms with Crippen LogP contribution in [0.1, 0.15) is 50.2 Å². The van der Waals surface area contributed by atoms with Crippen LogP contribution in [0.5, 0.6) is 0 Å². The fourth-order valence-corrected chi connectivity index (χ4v) is 2.20. The van der Waals surface area contributed by atoms with E-state index < -0.39 is 5.97 Å². The Hall–Kier alpha value is -1.35. The Morgan fingerprint density at radius 1 is 1.16 bits per heavy atom. The van der Waals surface area contributed by atoms with Gasteiger partial charge in [-0.25, -0.2) is 0 Å². The molecule has 0 aliphatic heterocycles. The van der Waals surface area contributed by atoms with Crippen LogP contribution < -0.4 is 5.73 Å². The average Bonchev–Trinajstić information content (AvgIpc) is 2.35. The molecule has 1 unspecified atom stereocenters. The third-order valence-corrected chi connectivity index (χ3v) is 3.28. The first-order valence-corrected chi connectivity index (χ1v) is 7.17. The third-order valence-electron chi connectivity index (χ3n) is 3.28. The number of rotatable bonds is 9. The highest BCUT2D eigenvalue weighted by molar-refractivity contribution is 5.67. The molecule has 0 aliphatic carbocycles. The van der Waals surface area contributed by atoms with Crippen molar-refractivity contribution in [3.63, 3.8) is 0 Å². The van der Waals surface area contributed by atoms with Crippen LogP contribution in [0.25, 0.3) is 0 Å². The predicted octanol–water partition coefficient (Wildman–Crippen LogP) is 3.15. The Kier molecular flexibility index (Phi) is 7.19. The molecule has 0 saturated heterocycles. The largest absolute Gasteiger partial charge is 0.481 e. The minimum Gasteiger partial charge on any atom is -0.481 e. The highest BCUT2D eigenvalue weighted by Crippen LogP contribution is 2.11. The second-order valence-electron chi connectivity index (χ2n) is 5.19. The van der Waals surface area contributed by atoms with Crippen LogP contribution >= 0.6 is 0 Å². The zero-order valence-electron chi connectivity index (χ0n) is 11.8. The van der Waals surface area contributed by atoms with Gasteiger partial charge in [0, 0.05) is 6.04 Å². The molecule has 0 aromatic heterocycles. The molecule has 1 aromatic carbocycles. The first-order chi connectivity index (χ1) is 9.11. The topological polar surface area (TPSA) is 63.3 Å². The van der Waals surface area contributed by atoms with Crippen LogP contribution in [0.15, 0.2) is 24.3 Å². The summed E-state index contributed by atoms with van der Waals surface area (Å²) in [7, 11) is 0. The normalized spacial score (nSPS) is 12.3. The first kappa shape index (κ1) is 15.7. The van der Waals surface area contributed by atoms with Crippen LogP contribution in [-0.2, 0) is 17.6 Å². The lowest BCUT2D eigenvalue weighted by molar-refractivity contribution is -0.137. The molecule has 19 heavy (non-hydrogen) atoms. The van der Waals surface area contributed by atoms with Crippen molar-refractivity contribution in [2.75, 3.05) is 0 Å². The molecule has 0 heterocycles. The molecule has 0 spiro atoms. The molecule has 0 radical (unpaired) electrons. The molecule has 1 rings (SSSR count). The Balaban J connectivity index is 2.36. The van der Waals surface area contributed by atoms with Gasteiger partial charge in [0.05, 0.1) is 6.42 Å². The summed E-state index contributed by atoms with van der Waals surface area (Å²) in [5.41, 5.74) is 8.25. The van der Waals surface area contributed by atoms with Crippen LogP contribution in [0.4, 0.5) is 0 Å². The molecule has 1 atom stereocenters. The van der Waals surface area contributed by atoms with Gasteiger partial charge in [-0.1, -0.05) is 50.5 Å². The summed E-state index contributed by atoms with van der Waals surface area (Å²) in [4.78, 5) is 10.5. The van der Waals surface area contributed by atoms with E-state index in [4.69, 9.17) is 10.8 Å². The number of unbranched alkanes of at least 4 members (excludes halogenated alkanes) is 3. The van der Waals surface area contributed by atoms with Crippen LogP contribution in [-0.4, -0.2) is 17.1 Å². The van der Waals surface area contributed by atoms with E-state index in [1.54, 1.807) is 0 Å². The summed E-state index contributed by atoms with van der Waals surface area (Å²) in [6.45, 7) is 2.22. The molecule has 1 aromatic rings. The molecular formula is C16H25NO2. The summed E-state index contributed by atoms with van der Waals surface area (Å²) in [5.74, 6) is -0.833. The van der Waals surface area contributed by atoms with Crippen molar-refractivity contribution in [1.82, 2.24) is 0 Å². The van der Waals surface area contributed by atoms with Gasteiger partial charge in [-0.15, -0.1) is 0 Å². The Bertz CT molecular complexity index is 373. The smallest absolute Gasteiger partial charge is 0.304 e. The molecule has 0 saturated carbocycles. The molecule has 3 heteroatoms. The fraction of sp³-hybridized carbons (Fsp3) is 0.562. The average molecular weight is 263 g/mol. The fourth-order valence-electron chi connectivity index (χ4n) is 2.20. The molecule has 3 nitrogen and oxygen atoms in total. The number of carboxylic acids is 1. The summed E-state index contributed by atoms with van der Waals surface area (Å²) in [6, 6.07) is 8.10. The number of benzene rings is 1. The number of carboxylic acid groups (broad SMARTS) is 1. The zero-order chi connectivity index (χ0) is 14.1. The minimum atomic E-state index is -0.833. The van der Waals surface area contributed by atoms with Gasteiger partial charge in [0.15, 0.2) is 0 Å². The van der Waals surface area contributed by atoms with Crippen molar-refractivity contribution in [3.8, 4) is 0 Å². The van der Waals surface area contributed by atoms with E-state index in [0.717, 1.165) is 12.0 Å². The minimum absolute atomic E-state index is 0.0266. The van der Waals surface area contributed by atoms with Crippen LogP contribution in [0, 0.1) is 0 Å². The lowest BCUT2D eigenvalue weighted by Gasteiger charge is -2.09. The molecule has 3 N–H and O–H groups in total. The van der Waals surface area contributed by atoms with Gasteiger partial charge < -0.3 is 10.8 Å². The van der Waals surface area contributed by atoms with Crippen LogP contribution in [0.2, 0.25) is 0 Å². The quantitative estimate of drug-likeness (QED) is 0.673. The summed E-state index contributed by atoms with van der Waals surface area (Å²) >= 11 is 0. The molecule has 106 valence electrons. The van der Waals surface area contributed by atoms with E-state index in [9.17, 15) is 4.79 Å². The Morgan fingerprint density at radius 2 is 1.79 bits per heavy atom. The summed E-state index contributed by atoms with van der Waals surface area (Å²) in [6.07, 6.45) is 6.89. The monoisotopic (exact) mass is 263 g/mol.